The van der Waals surface area contributed by atoms with Crippen molar-refractivity contribution in [2.24, 2.45) is 22.7 Å². The standard InChI is InChI=1S/C17H34/c1-7-9-14(3)17(6)13-11-15(8-2)10-12-16(17,4)5/h14-15H,7-13H2,1-6H3. The SMILES string of the molecule is CCCC(C)C1(C)CCC(CC)CCC1(C)C. The van der Waals surface area contributed by atoms with Gasteiger partial charge >= 0.3 is 0 Å². The van der Waals surface area contributed by atoms with Crippen molar-refractivity contribution in [3.8, 4) is 0 Å². The second-order valence-electron chi connectivity index (χ2n) is 7.34. The van der Waals surface area contributed by atoms with Gasteiger partial charge < -0.3 is 0 Å². The Hall–Kier alpha value is 0. The van der Waals surface area contributed by atoms with Crippen LogP contribution in [-0.2, 0) is 0 Å². The van der Waals surface area contributed by atoms with Crippen molar-refractivity contribution >= 4 is 0 Å². The molecule has 1 aliphatic rings. The first-order valence-corrected chi connectivity index (χ1v) is 7.87. The van der Waals surface area contributed by atoms with Crippen LogP contribution in [0, 0.1) is 22.7 Å². The molecular formula is C17H34. The predicted molar refractivity (Wildman–Crippen MR) is 78.2 cm³/mol. The molecule has 1 rings (SSSR count). The Morgan fingerprint density at radius 3 is 2.18 bits per heavy atom. The van der Waals surface area contributed by atoms with Crippen molar-refractivity contribution in [2.45, 2.75) is 86.5 Å². The lowest BCUT2D eigenvalue weighted by molar-refractivity contribution is 0.0153. The smallest absolute Gasteiger partial charge is 0.0249 e. The highest BCUT2D eigenvalue weighted by atomic mass is 14.5. The van der Waals surface area contributed by atoms with Crippen molar-refractivity contribution in [1.82, 2.24) is 0 Å². The molecule has 0 saturated heterocycles. The maximum absolute atomic E-state index is 2.57. The molecule has 1 aliphatic carbocycles. The summed E-state index contributed by atoms with van der Waals surface area (Å²) in [6, 6.07) is 0. The van der Waals surface area contributed by atoms with Crippen LogP contribution in [0.4, 0.5) is 0 Å². The Kier molecular flexibility index (Phi) is 5.10. The summed E-state index contributed by atoms with van der Waals surface area (Å²) in [4.78, 5) is 0. The second kappa shape index (κ2) is 5.76. The summed E-state index contributed by atoms with van der Waals surface area (Å²) in [6.07, 6.45) is 9.91. The molecule has 0 aromatic heterocycles. The van der Waals surface area contributed by atoms with E-state index in [9.17, 15) is 0 Å². The first-order valence-electron chi connectivity index (χ1n) is 7.87. The second-order valence-corrected chi connectivity index (χ2v) is 7.34. The molecule has 0 heterocycles. The fraction of sp³-hybridized carbons (Fsp3) is 1.00. The Morgan fingerprint density at radius 1 is 1.06 bits per heavy atom. The Balaban J connectivity index is 2.86. The van der Waals surface area contributed by atoms with E-state index >= 15 is 0 Å². The molecule has 0 nitrogen and oxygen atoms in total. The van der Waals surface area contributed by atoms with Gasteiger partial charge in [-0.05, 0) is 48.3 Å². The average molecular weight is 238 g/mol. The first kappa shape index (κ1) is 15.1. The molecule has 1 fully saturated rings. The zero-order chi connectivity index (χ0) is 13.1. The van der Waals surface area contributed by atoms with E-state index in [1.165, 1.54) is 44.9 Å². The van der Waals surface area contributed by atoms with E-state index in [2.05, 4.69) is 41.5 Å². The van der Waals surface area contributed by atoms with Crippen molar-refractivity contribution < 1.29 is 0 Å². The van der Waals surface area contributed by atoms with Gasteiger partial charge in [0.15, 0.2) is 0 Å². The number of hydrogen-bond donors (Lipinski definition) is 0. The molecule has 0 bridgehead atoms. The normalized spacial score (nSPS) is 35.3. The van der Waals surface area contributed by atoms with Crippen molar-refractivity contribution in [3.63, 3.8) is 0 Å². The Morgan fingerprint density at radius 2 is 1.65 bits per heavy atom. The molecule has 0 aromatic carbocycles. The summed E-state index contributed by atoms with van der Waals surface area (Å²) in [5, 5.41) is 0. The van der Waals surface area contributed by atoms with Gasteiger partial charge in [-0.25, -0.2) is 0 Å². The third-order valence-corrected chi connectivity index (χ3v) is 6.18. The molecule has 0 aromatic rings. The maximum atomic E-state index is 2.57. The highest BCUT2D eigenvalue weighted by Gasteiger charge is 2.45. The van der Waals surface area contributed by atoms with E-state index in [4.69, 9.17) is 0 Å². The molecule has 0 radical (unpaired) electrons. The molecule has 17 heavy (non-hydrogen) atoms. The summed E-state index contributed by atoms with van der Waals surface area (Å²) in [6.45, 7) is 14.8. The van der Waals surface area contributed by atoms with Gasteiger partial charge in [-0.2, -0.15) is 0 Å². The molecule has 1 saturated carbocycles. The minimum absolute atomic E-state index is 0.519. The van der Waals surface area contributed by atoms with Crippen molar-refractivity contribution in [2.75, 3.05) is 0 Å². The van der Waals surface area contributed by atoms with Gasteiger partial charge in [0.05, 0.1) is 0 Å². The van der Waals surface area contributed by atoms with Crippen LogP contribution in [0.1, 0.15) is 86.5 Å². The zero-order valence-corrected chi connectivity index (χ0v) is 13.1. The average Bonchev–Trinajstić information content (AvgIpc) is 2.39. The van der Waals surface area contributed by atoms with E-state index in [0.29, 0.717) is 10.8 Å². The third kappa shape index (κ3) is 3.06. The van der Waals surface area contributed by atoms with Gasteiger partial charge in [0.2, 0.25) is 0 Å². The molecule has 3 atom stereocenters. The predicted octanol–water partition coefficient (Wildman–Crippen LogP) is 6.06. The van der Waals surface area contributed by atoms with Crippen molar-refractivity contribution in [3.05, 3.63) is 0 Å². The fourth-order valence-corrected chi connectivity index (χ4v) is 3.91. The molecule has 0 N–H and O–H groups in total. The van der Waals surface area contributed by atoms with Gasteiger partial charge in [0.1, 0.15) is 0 Å². The minimum Gasteiger partial charge on any atom is -0.0654 e. The van der Waals surface area contributed by atoms with E-state index < -0.39 is 0 Å². The van der Waals surface area contributed by atoms with Crippen molar-refractivity contribution in [1.29, 1.82) is 0 Å². The van der Waals surface area contributed by atoms with Gasteiger partial charge in [-0.15, -0.1) is 0 Å². The largest absolute Gasteiger partial charge is 0.0654 e. The minimum atomic E-state index is 0.519. The van der Waals surface area contributed by atoms with Gasteiger partial charge in [-0.1, -0.05) is 60.8 Å². The molecule has 0 aliphatic heterocycles. The van der Waals surface area contributed by atoms with E-state index in [1.807, 2.05) is 0 Å². The lowest BCUT2D eigenvalue weighted by atomic mass is 9.57. The van der Waals surface area contributed by atoms with Gasteiger partial charge in [-0.3, -0.25) is 0 Å². The van der Waals surface area contributed by atoms with Crippen LogP contribution in [0.5, 0.6) is 0 Å². The van der Waals surface area contributed by atoms with Crippen LogP contribution in [0.3, 0.4) is 0 Å². The Bertz CT molecular complexity index is 228. The number of hydrogen-bond acceptors (Lipinski definition) is 0. The monoisotopic (exact) mass is 238 g/mol. The van der Waals surface area contributed by atoms with Crippen LogP contribution in [0.2, 0.25) is 0 Å². The summed E-state index contributed by atoms with van der Waals surface area (Å²) in [7, 11) is 0. The summed E-state index contributed by atoms with van der Waals surface area (Å²) < 4.78 is 0. The van der Waals surface area contributed by atoms with Crippen LogP contribution < -0.4 is 0 Å². The lowest BCUT2D eigenvalue weighted by Crippen LogP contribution is -2.39. The first-order chi connectivity index (χ1) is 7.87. The lowest BCUT2D eigenvalue weighted by Gasteiger charge is -2.48. The summed E-state index contributed by atoms with van der Waals surface area (Å²) in [5.74, 6) is 1.86. The van der Waals surface area contributed by atoms with Gasteiger partial charge in [0.25, 0.3) is 0 Å². The molecule has 102 valence electrons. The van der Waals surface area contributed by atoms with E-state index in [0.717, 1.165) is 11.8 Å². The highest BCUT2D eigenvalue weighted by Crippen LogP contribution is 2.55. The van der Waals surface area contributed by atoms with E-state index in [-0.39, 0.29) is 0 Å². The zero-order valence-electron chi connectivity index (χ0n) is 13.1. The summed E-state index contributed by atoms with van der Waals surface area (Å²) >= 11 is 0. The van der Waals surface area contributed by atoms with Gasteiger partial charge in [0, 0.05) is 0 Å². The van der Waals surface area contributed by atoms with Crippen LogP contribution >= 0.6 is 0 Å². The maximum Gasteiger partial charge on any atom is -0.0249 e. The summed E-state index contributed by atoms with van der Waals surface area (Å²) in [5.41, 5.74) is 1.07. The topological polar surface area (TPSA) is 0 Å². The van der Waals surface area contributed by atoms with Crippen LogP contribution in [0.15, 0.2) is 0 Å². The molecule has 0 heteroatoms. The molecule has 0 spiro atoms. The molecule has 3 unspecified atom stereocenters. The number of rotatable bonds is 4. The highest BCUT2D eigenvalue weighted by molar-refractivity contribution is 4.95. The van der Waals surface area contributed by atoms with E-state index in [1.54, 1.807) is 0 Å². The molecule has 0 amide bonds. The Labute approximate surface area is 110 Å². The van der Waals surface area contributed by atoms with Crippen LogP contribution in [0.25, 0.3) is 0 Å². The van der Waals surface area contributed by atoms with Crippen LogP contribution in [-0.4, -0.2) is 0 Å². The quantitative estimate of drug-likeness (QED) is 0.523. The molecular weight excluding hydrogens is 204 g/mol. The third-order valence-electron chi connectivity index (χ3n) is 6.18. The fourth-order valence-electron chi connectivity index (χ4n) is 3.91.